The van der Waals surface area contributed by atoms with Crippen molar-refractivity contribution < 1.29 is 5.11 Å². The van der Waals surface area contributed by atoms with Crippen molar-refractivity contribution in [2.75, 3.05) is 13.6 Å². The van der Waals surface area contributed by atoms with Crippen molar-refractivity contribution in [1.29, 1.82) is 0 Å². The summed E-state index contributed by atoms with van der Waals surface area (Å²) in [5, 5.41) is 9.34. The zero-order valence-corrected chi connectivity index (χ0v) is 7.58. The van der Waals surface area contributed by atoms with Crippen LogP contribution in [0.5, 0.6) is 0 Å². The van der Waals surface area contributed by atoms with E-state index >= 15 is 0 Å². The highest BCUT2D eigenvalue weighted by atomic mass is 16.3. The smallest absolute Gasteiger partial charge is 0.0695 e. The first-order chi connectivity index (χ1) is 5.25. The van der Waals surface area contributed by atoms with Crippen LogP contribution in [0.15, 0.2) is 0 Å². The van der Waals surface area contributed by atoms with Crippen molar-refractivity contribution in [1.82, 2.24) is 4.90 Å². The summed E-state index contributed by atoms with van der Waals surface area (Å²) in [6, 6.07) is 0.460. The molecule has 0 spiro atoms. The monoisotopic (exact) mass is 157 g/mol. The molecule has 2 nitrogen and oxygen atoms in total. The first-order valence-electron chi connectivity index (χ1n) is 4.64. The van der Waals surface area contributed by atoms with E-state index in [1.54, 1.807) is 0 Å². The van der Waals surface area contributed by atoms with Crippen molar-refractivity contribution in [2.24, 2.45) is 0 Å². The van der Waals surface area contributed by atoms with E-state index in [9.17, 15) is 5.11 Å². The highest BCUT2D eigenvalue weighted by Crippen LogP contribution is 2.24. The van der Waals surface area contributed by atoms with Gasteiger partial charge in [0.1, 0.15) is 0 Å². The fraction of sp³-hybridized carbons (Fsp3) is 1.00. The predicted molar refractivity (Wildman–Crippen MR) is 46.6 cm³/mol. The normalized spacial score (nSPS) is 30.5. The Morgan fingerprint density at radius 3 is 2.55 bits per heavy atom. The van der Waals surface area contributed by atoms with Gasteiger partial charge in [-0.2, -0.15) is 0 Å². The number of aliphatic hydroxyl groups is 1. The van der Waals surface area contributed by atoms with Crippen LogP contribution in [0.4, 0.5) is 0 Å². The van der Waals surface area contributed by atoms with Crippen LogP contribution in [0.25, 0.3) is 0 Å². The summed E-state index contributed by atoms with van der Waals surface area (Å²) in [6.45, 7) is 3.34. The number of likely N-dealkylation sites (N-methyl/N-ethyl adjacent to an activating group) is 1. The molecule has 0 aromatic heterocycles. The number of unbranched alkanes of at least 4 members (excludes halogenated alkanes) is 1. The van der Waals surface area contributed by atoms with E-state index < -0.39 is 0 Å². The molecule has 2 atom stereocenters. The van der Waals surface area contributed by atoms with Crippen molar-refractivity contribution in [3.8, 4) is 0 Å². The molecule has 0 radical (unpaired) electrons. The highest BCUT2D eigenvalue weighted by molar-refractivity contribution is 4.87. The minimum Gasteiger partial charge on any atom is -0.391 e. The first kappa shape index (κ1) is 9.01. The quantitative estimate of drug-likeness (QED) is 0.663. The van der Waals surface area contributed by atoms with E-state index in [-0.39, 0.29) is 6.10 Å². The molecule has 66 valence electrons. The van der Waals surface area contributed by atoms with Gasteiger partial charge in [-0.15, -0.1) is 0 Å². The summed E-state index contributed by atoms with van der Waals surface area (Å²) >= 11 is 0. The zero-order chi connectivity index (χ0) is 8.27. The van der Waals surface area contributed by atoms with Gasteiger partial charge in [-0.1, -0.05) is 13.3 Å². The van der Waals surface area contributed by atoms with Gasteiger partial charge in [-0.25, -0.2) is 0 Å². The Hall–Kier alpha value is -0.0800. The third-order valence-electron chi connectivity index (χ3n) is 2.63. The molecule has 1 aliphatic carbocycles. The van der Waals surface area contributed by atoms with E-state index in [0.29, 0.717) is 6.04 Å². The highest BCUT2D eigenvalue weighted by Gasteiger charge is 2.31. The molecule has 0 heterocycles. The Balaban J connectivity index is 2.13. The Bertz CT molecular complexity index is 116. The molecular weight excluding hydrogens is 138 g/mol. The summed E-state index contributed by atoms with van der Waals surface area (Å²) < 4.78 is 0. The second-order valence-corrected chi connectivity index (χ2v) is 3.55. The van der Waals surface area contributed by atoms with Crippen LogP contribution in [0.1, 0.15) is 32.6 Å². The van der Waals surface area contributed by atoms with E-state index in [0.717, 1.165) is 13.0 Å². The van der Waals surface area contributed by atoms with Crippen LogP contribution < -0.4 is 0 Å². The van der Waals surface area contributed by atoms with E-state index in [2.05, 4.69) is 18.9 Å². The molecule has 11 heavy (non-hydrogen) atoms. The molecule has 1 rings (SSSR count). The van der Waals surface area contributed by atoms with Crippen LogP contribution in [-0.4, -0.2) is 35.7 Å². The van der Waals surface area contributed by atoms with Gasteiger partial charge in [0.25, 0.3) is 0 Å². The number of hydrogen-bond acceptors (Lipinski definition) is 2. The average Bonchev–Trinajstić information content (AvgIpc) is 1.98. The van der Waals surface area contributed by atoms with E-state index in [1.165, 1.54) is 19.3 Å². The Morgan fingerprint density at radius 1 is 1.45 bits per heavy atom. The summed E-state index contributed by atoms with van der Waals surface area (Å²) in [5.41, 5.74) is 0. The summed E-state index contributed by atoms with van der Waals surface area (Å²) in [7, 11) is 2.11. The largest absolute Gasteiger partial charge is 0.391 e. The fourth-order valence-corrected chi connectivity index (χ4v) is 1.55. The molecule has 1 saturated carbocycles. The third-order valence-corrected chi connectivity index (χ3v) is 2.63. The molecule has 0 aromatic carbocycles. The number of aliphatic hydroxyl groups excluding tert-OH is 1. The van der Waals surface area contributed by atoms with Crippen LogP contribution in [-0.2, 0) is 0 Å². The summed E-state index contributed by atoms with van der Waals surface area (Å²) in [5.74, 6) is 0. The maximum Gasteiger partial charge on any atom is 0.0695 e. The third kappa shape index (κ3) is 2.17. The lowest BCUT2D eigenvalue weighted by Crippen LogP contribution is -2.48. The fourth-order valence-electron chi connectivity index (χ4n) is 1.55. The van der Waals surface area contributed by atoms with Crippen molar-refractivity contribution in [3.05, 3.63) is 0 Å². The van der Waals surface area contributed by atoms with E-state index in [1.807, 2.05) is 0 Å². The van der Waals surface area contributed by atoms with E-state index in [4.69, 9.17) is 0 Å². The van der Waals surface area contributed by atoms with Gasteiger partial charge in [0, 0.05) is 6.04 Å². The molecule has 0 amide bonds. The van der Waals surface area contributed by atoms with Crippen molar-refractivity contribution >= 4 is 0 Å². The second-order valence-electron chi connectivity index (χ2n) is 3.55. The van der Waals surface area contributed by atoms with Crippen LogP contribution in [0.2, 0.25) is 0 Å². The molecule has 0 aliphatic heterocycles. The van der Waals surface area contributed by atoms with Crippen molar-refractivity contribution in [2.45, 2.75) is 44.8 Å². The van der Waals surface area contributed by atoms with Gasteiger partial charge in [0.2, 0.25) is 0 Å². The van der Waals surface area contributed by atoms with Gasteiger partial charge in [-0.3, -0.25) is 0 Å². The summed E-state index contributed by atoms with van der Waals surface area (Å²) in [6.07, 6.45) is 4.63. The summed E-state index contributed by atoms with van der Waals surface area (Å²) in [4.78, 5) is 2.29. The zero-order valence-electron chi connectivity index (χ0n) is 7.58. The second kappa shape index (κ2) is 4.07. The average molecular weight is 157 g/mol. The Morgan fingerprint density at radius 2 is 2.18 bits per heavy atom. The topological polar surface area (TPSA) is 23.5 Å². The minimum absolute atomic E-state index is 0.0446. The molecule has 2 heteroatoms. The minimum atomic E-state index is -0.0446. The molecule has 0 saturated heterocycles. The molecule has 0 bridgehead atoms. The molecule has 1 N–H and O–H groups in total. The van der Waals surface area contributed by atoms with Crippen molar-refractivity contribution in [3.63, 3.8) is 0 Å². The number of hydrogen-bond donors (Lipinski definition) is 1. The van der Waals surface area contributed by atoms with Crippen LogP contribution in [0, 0.1) is 0 Å². The van der Waals surface area contributed by atoms with Crippen LogP contribution >= 0.6 is 0 Å². The van der Waals surface area contributed by atoms with Gasteiger partial charge in [0.15, 0.2) is 0 Å². The first-order valence-corrected chi connectivity index (χ1v) is 4.64. The molecule has 1 fully saturated rings. The maximum atomic E-state index is 9.34. The lowest BCUT2D eigenvalue weighted by Gasteiger charge is -2.39. The lowest BCUT2D eigenvalue weighted by molar-refractivity contribution is -0.0100. The standard InChI is InChI=1S/C9H19NO/c1-3-4-7-10(2)8-5-6-9(8)11/h8-9,11H,3-7H2,1-2H3/t8-,9-/m1/s1. The Kier molecular flexibility index (Phi) is 3.34. The van der Waals surface area contributed by atoms with Gasteiger partial charge in [0.05, 0.1) is 6.10 Å². The van der Waals surface area contributed by atoms with Gasteiger partial charge >= 0.3 is 0 Å². The van der Waals surface area contributed by atoms with Gasteiger partial charge in [-0.05, 0) is 32.9 Å². The van der Waals surface area contributed by atoms with Crippen LogP contribution in [0.3, 0.4) is 0 Å². The maximum absolute atomic E-state index is 9.34. The SMILES string of the molecule is CCCCN(C)[C@@H]1CC[C@H]1O. The Labute approximate surface area is 69.2 Å². The molecule has 1 aliphatic rings. The molecule has 0 unspecified atom stereocenters. The number of nitrogens with zero attached hydrogens (tertiary/aromatic N) is 1. The predicted octanol–water partition coefficient (Wildman–Crippen LogP) is 1.24. The number of rotatable bonds is 4. The lowest BCUT2D eigenvalue weighted by atomic mass is 9.88. The molecule has 0 aromatic rings. The van der Waals surface area contributed by atoms with Gasteiger partial charge < -0.3 is 10.0 Å². The molecular formula is C9H19NO.